The zero-order valence-corrected chi connectivity index (χ0v) is 25.5. The van der Waals surface area contributed by atoms with Crippen LogP contribution in [0.15, 0.2) is 24.3 Å². The highest BCUT2D eigenvalue weighted by molar-refractivity contribution is 5.70. The summed E-state index contributed by atoms with van der Waals surface area (Å²) >= 11 is 0. The molecule has 0 aromatic rings. The lowest BCUT2D eigenvalue weighted by atomic mass is 10.1. The van der Waals surface area contributed by atoms with E-state index in [1.165, 1.54) is 64.2 Å². The van der Waals surface area contributed by atoms with Crippen LogP contribution >= 0.6 is 0 Å². The molecule has 0 aliphatic rings. The van der Waals surface area contributed by atoms with Crippen LogP contribution in [0.25, 0.3) is 0 Å². The molecule has 38 heavy (non-hydrogen) atoms. The van der Waals surface area contributed by atoms with Crippen LogP contribution in [-0.2, 0) is 19.1 Å². The fraction of sp³-hybridized carbons (Fsp3) is 0.818. The Morgan fingerprint density at radius 2 is 1.03 bits per heavy atom. The van der Waals surface area contributed by atoms with E-state index in [2.05, 4.69) is 38.2 Å². The van der Waals surface area contributed by atoms with Gasteiger partial charge in [-0.05, 0) is 65.5 Å². The van der Waals surface area contributed by atoms with Crippen LogP contribution in [0.2, 0.25) is 0 Å². The number of ether oxygens (including phenoxy) is 2. The summed E-state index contributed by atoms with van der Waals surface area (Å²) < 4.78 is 11.1. The molecule has 0 aromatic carbocycles. The van der Waals surface area contributed by atoms with Crippen molar-refractivity contribution >= 4 is 11.9 Å². The maximum Gasteiger partial charge on any atom is 0.306 e. The average Bonchev–Trinajstić information content (AvgIpc) is 2.88. The summed E-state index contributed by atoms with van der Waals surface area (Å²) in [6, 6.07) is 0. The molecule has 0 rings (SSSR count). The molecule has 0 bridgehead atoms. The third-order valence-corrected chi connectivity index (χ3v) is 6.58. The molecule has 1 unspecified atom stereocenters. The Balaban J connectivity index is 3.88. The van der Waals surface area contributed by atoms with Crippen molar-refractivity contribution in [3.05, 3.63) is 24.3 Å². The predicted octanol–water partition coefficient (Wildman–Crippen LogP) is 8.96. The second kappa shape index (κ2) is 28.4. The molecule has 0 saturated heterocycles. The zero-order chi connectivity index (χ0) is 28.1. The number of hydrogen-bond donors (Lipinski definition) is 0. The molecule has 0 heterocycles. The summed E-state index contributed by atoms with van der Waals surface area (Å²) in [5, 5.41) is 0. The lowest BCUT2D eigenvalue weighted by Gasteiger charge is -2.21. The first-order chi connectivity index (χ1) is 18.5. The minimum atomic E-state index is -0.411. The molecule has 222 valence electrons. The Bertz CT molecular complexity index is 600. The fourth-order valence-electron chi connectivity index (χ4n) is 4.27. The normalized spacial score (nSPS) is 12.6. The van der Waals surface area contributed by atoms with Crippen molar-refractivity contribution in [3.8, 4) is 0 Å². The Morgan fingerprint density at radius 1 is 0.605 bits per heavy atom. The number of rotatable bonds is 27. The molecule has 1 atom stereocenters. The van der Waals surface area contributed by atoms with Gasteiger partial charge in [0.15, 0.2) is 0 Å². The first-order valence-electron chi connectivity index (χ1n) is 15.8. The minimum Gasteiger partial charge on any atom is -0.462 e. The highest BCUT2D eigenvalue weighted by atomic mass is 16.6. The molecule has 5 heteroatoms. The van der Waals surface area contributed by atoms with Crippen molar-refractivity contribution in [2.24, 2.45) is 0 Å². The third kappa shape index (κ3) is 27.4. The molecular weight excluding hydrogens is 474 g/mol. The van der Waals surface area contributed by atoms with Crippen LogP contribution in [0.1, 0.15) is 142 Å². The maximum absolute atomic E-state index is 12.3. The Morgan fingerprint density at radius 3 is 1.50 bits per heavy atom. The van der Waals surface area contributed by atoms with Crippen LogP contribution in [0.4, 0.5) is 0 Å². The van der Waals surface area contributed by atoms with Gasteiger partial charge in [-0.15, -0.1) is 0 Å². The van der Waals surface area contributed by atoms with Gasteiger partial charge in [0.2, 0.25) is 0 Å². The van der Waals surface area contributed by atoms with Crippen molar-refractivity contribution in [2.45, 2.75) is 148 Å². The summed E-state index contributed by atoms with van der Waals surface area (Å²) in [7, 11) is 3.87. The highest BCUT2D eigenvalue weighted by Gasteiger charge is 2.18. The standard InChI is InChI=1S/C33H61NO4/c1-5-7-9-11-13-15-17-19-21-23-25-27-32(35)37-30-31(29-34(3)4)38-33(36)28-26-24-22-20-18-16-14-12-10-8-6-2/h11-14,31H,5-10,15-30H2,1-4H3. The summed E-state index contributed by atoms with van der Waals surface area (Å²) in [5.74, 6) is -0.379. The van der Waals surface area contributed by atoms with Crippen LogP contribution in [0, 0.1) is 0 Å². The molecular formula is C33H61NO4. The number of carbonyl (C=O) groups is 2. The number of esters is 2. The van der Waals surface area contributed by atoms with E-state index in [4.69, 9.17) is 9.47 Å². The lowest BCUT2D eigenvalue weighted by Crippen LogP contribution is -2.34. The second-order valence-corrected chi connectivity index (χ2v) is 10.9. The van der Waals surface area contributed by atoms with Gasteiger partial charge in [-0.1, -0.05) is 102 Å². The lowest BCUT2D eigenvalue weighted by molar-refractivity contribution is -0.160. The summed E-state index contributed by atoms with van der Waals surface area (Å²) in [6.45, 7) is 5.14. The SMILES string of the molecule is CCCCC=CCCCCCCCC(=O)OCC(CN(C)C)OC(=O)CCCCCCCC=CCCCC. The monoisotopic (exact) mass is 535 g/mol. The van der Waals surface area contributed by atoms with Crippen LogP contribution in [-0.4, -0.2) is 50.2 Å². The van der Waals surface area contributed by atoms with E-state index < -0.39 is 6.10 Å². The highest BCUT2D eigenvalue weighted by Crippen LogP contribution is 2.11. The molecule has 0 aliphatic heterocycles. The molecule has 0 aliphatic carbocycles. The van der Waals surface area contributed by atoms with Crippen LogP contribution < -0.4 is 0 Å². The summed E-state index contributed by atoms with van der Waals surface area (Å²) in [5.41, 5.74) is 0. The van der Waals surface area contributed by atoms with Gasteiger partial charge in [0.25, 0.3) is 0 Å². The van der Waals surface area contributed by atoms with Crippen LogP contribution in [0.5, 0.6) is 0 Å². The molecule has 0 aromatic heterocycles. The Kier molecular flexibility index (Phi) is 27.2. The molecule has 0 spiro atoms. The van der Waals surface area contributed by atoms with Gasteiger partial charge in [0.1, 0.15) is 12.7 Å². The van der Waals surface area contributed by atoms with E-state index in [0.29, 0.717) is 19.4 Å². The number of hydrogen-bond acceptors (Lipinski definition) is 5. The third-order valence-electron chi connectivity index (χ3n) is 6.58. The van der Waals surface area contributed by atoms with E-state index in [1.807, 2.05) is 19.0 Å². The Hall–Kier alpha value is -1.62. The van der Waals surface area contributed by atoms with Gasteiger partial charge < -0.3 is 14.4 Å². The smallest absolute Gasteiger partial charge is 0.306 e. The summed E-state index contributed by atoms with van der Waals surface area (Å²) in [6.07, 6.45) is 30.5. The number of likely N-dealkylation sites (N-methyl/N-ethyl adjacent to an activating group) is 1. The largest absolute Gasteiger partial charge is 0.462 e. The topological polar surface area (TPSA) is 55.8 Å². The summed E-state index contributed by atoms with van der Waals surface area (Å²) in [4.78, 5) is 26.5. The van der Waals surface area contributed by atoms with Gasteiger partial charge in [-0.25, -0.2) is 0 Å². The van der Waals surface area contributed by atoms with Crippen molar-refractivity contribution < 1.29 is 19.1 Å². The average molecular weight is 536 g/mol. The van der Waals surface area contributed by atoms with E-state index in [9.17, 15) is 9.59 Å². The van der Waals surface area contributed by atoms with Gasteiger partial charge >= 0.3 is 11.9 Å². The minimum absolute atomic E-state index is 0.138. The first kappa shape index (κ1) is 36.4. The molecule has 5 nitrogen and oxygen atoms in total. The van der Waals surface area contributed by atoms with E-state index >= 15 is 0 Å². The molecule has 0 radical (unpaired) electrons. The number of nitrogens with zero attached hydrogens (tertiary/aromatic N) is 1. The fourth-order valence-corrected chi connectivity index (χ4v) is 4.27. The van der Waals surface area contributed by atoms with Crippen molar-refractivity contribution in [1.82, 2.24) is 4.90 Å². The van der Waals surface area contributed by atoms with Gasteiger partial charge in [0.05, 0.1) is 0 Å². The maximum atomic E-state index is 12.3. The Labute approximate surface area is 235 Å². The molecule has 0 fully saturated rings. The van der Waals surface area contributed by atoms with E-state index in [-0.39, 0.29) is 18.5 Å². The second-order valence-electron chi connectivity index (χ2n) is 10.9. The van der Waals surface area contributed by atoms with Gasteiger partial charge in [-0.2, -0.15) is 0 Å². The predicted molar refractivity (Wildman–Crippen MR) is 161 cm³/mol. The van der Waals surface area contributed by atoms with Gasteiger partial charge in [0, 0.05) is 19.4 Å². The molecule has 0 N–H and O–H groups in total. The zero-order valence-electron chi connectivity index (χ0n) is 25.5. The van der Waals surface area contributed by atoms with E-state index in [0.717, 1.165) is 51.4 Å². The number of allylic oxidation sites excluding steroid dienone is 4. The van der Waals surface area contributed by atoms with Crippen molar-refractivity contribution in [3.63, 3.8) is 0 Å². The number of unbranched alkanes of at least 4 members (excludes halogenated alkanes) is 14. The van der Waals surface area contributed by atoms with E-state index in [1.54, 1.807) is 0 Å². The molecule has 0 saturated carbocycles. The van der Waals surface area contributed by atoms with Crippen molar-refractivity contribution in [1.29, 1.82) is 0 Å². The quantitative estimate of drug-likeness (QED) is 0.0597. The van der Waals surface area contributed by atoms with Crippen molar-refractivity contribution in [2.75, 3.05) is 27.2 Å². The van der Waals surface area contributed by atoms with Gasteiger partial charge in [-0.3, -0.25) is 9.59 Å². The number of carbonyl (C=O) groups excluding carboxylic acids is 2. The molecule has 0 amide bonds. The first-order valence-corrected chi connectivity index (χ1v) is 15.8. The van der Waals surface area contributed by atoms with Crippen LogP contribution in [0.3, 0.4) is 0 Å².